The first kappa shape index (κ1) is 58.5. The standard InChI is InChI=1S/C69H76O10/c1-2-62(72-44-54-27-11-3-12-28-54)66(76-48-58-35-19-7-20-36-58)68(78-50-60-39-23-9-24-40-60)64(74-46-56-31-15-5-16-32-56)52-71-53-65(75-47-57-33-17-6-18-34-57)69(79-51-61-41-25-10-26-42-61)67(77-49-59-37-21-8-22-38-59)63(43-70)73-45-55-29-13-4-14-30-55/h3-42,62-70H,2,43-53H2,1H3/t62-,63-,64-,65-,66-,67-,68-,69-/m1/s1. The minimum atomic E-state index is -0.850. The summed E-state index contributed by atoms with van der Waals surface area (Å²) in [6.45, 7) is 4.02. The number of rotatable bonds is 36. The molecule has 0 unspecified atom stereocenters. The second-order valence-electron chi connectivity index (χ2n) is 19.5. The van der Waals surface area contributed by atoms with Crippen LogP contribution in [0.5, 0.6) is 0 Å². The van der Waals surface area contributed by atoms with E-state index in [1.807, 2.05) is 206 Å². The van der Waals surface area contributed by atoms with E-state index in [0.29, 0.717) is 19.6 Å². The van der Waals surface area contributed by atoms with Crippen LogP contribution in [0.2, 0.25) is 0 Å². The van der Waals surface area contributed by atoms with Crippen LogP contribution >= 0.6 is 0 Å². The smallest absolute Gasteiger partial charge is 0.115 e. The summed E-state index contributed by atoms with van der Waals surface area (Å²) in [5.74, 6) is 0. The molecule has 79 heavy (non-hydrogen) atoms. The van der Waals surface area contributed by atoms with Crippen LogP contribution in [0.25, 0.3) is 0 Å². The van der Waals surface area contributed by atoms with E-state index in [-0.39, 0.29) is 59.5 Å². The summed E-state index contributed by atoms with van der Waals surface area (Å²) in [4.78, 5) is 0. The summed E-state index contributed by atoms with van der Waals surface area (Å²) in [6, 6.07) is 80.5. The summed E-state index contributed by atoms with van der Waals surface area (Å²) >= 11 is 0. The van der Waals surface area contributed by atoms with Crippen molar-refractivity contribution in [3.05, 3.63) is 287 Å². The molecular weight excluding hydrogens is 989 g/mol. The zero-order valence-electron chi connectivity index (χ0n) is 45.3. The van der Waals surface area contributed by atoms with Gasteiger partial charge in [0.05, 0.1) is 78.8 Å². The number of ether oxygens (including phenoxy) is 9. The lowest BCUT2D eigenvalue weighted by atomic mass is 9.99. The fraction of sp³-hybridized carbons (Fsp3) is 0.304. The molecule has 8 atom stereocenters. The Morgan fingerprint density at radius 3 is 0.671 bits per heavy atom. The summed E-state index contributed by atoms with van der Waals surface area (Å²) in [5.41, 5.74) is 7.89. The molecule has 412 valence electrons. The lowest BCUT2D eigenvalue weighted by molar-refractivity contribution is -0.216. The molecule has 10 heteroatoms. The van der Waals surface area contributed by atoms with Crippen LogP contribution in [0.15, 0.2) is 243 Å². The van der Waals surface area contributed by atoms with Crippen molar-refractivity contribution in [1.29, 1.82) is 0 Å². The number of benzene rings is 8. The van der Waals surface area contributed by atoms with Crippen molar-refractivity contribution in [1.82, 2.24) is 0 Å². The molecule has 8 rings (SSSR count). The van der Waals surface area contributed by atoms with Crippen LogP contribution in [0.1, 0.15) is 57.9 Å². The Kier molecular flexibility index (Phi) is 25.0. The Labute approximate surface area is 467 Å². The Morgan fingerprint density at radius 2 is 0.443 bits per heavy atom. The first-order chi connectivity index (χ1) is 39.1. The predicted molar refractivity (Wildman–Crippen MR) is 308 cm³/mol. The second-order valence-corrected chi connectivity index (χ2v) is 19.5. The lowest BCUT2D eigenvalue weighted by Crippen LogP contribution is -2.53. The maximum Gasteiger partial charge on any atom is 0.115 e. The molecule has 0 radical (unpaired) electrons. The van der Waals surface area contributed by atoms with Crippen molar-refractivity contribution in [2.24, 2.45) is 0 Å². The van der Waals surface area contributed by atoms with E-state index in [4.69, 9.17) is 42.6 Å². The van der Waals surface area contributed by atoms with Crippen molar-refractivity contribution in [3.8, 4) is 0 Å². The normalized spacial score (nSPS) is 14.6. The van der Waals surface area contributed by atoms with Crippen LogP contribution in [-0.4, -0.2) is 73.8 Å². The number of hydrogen-bond donors (Lipinski definition) is 1. The molecule has 0 aliphatic heterocycles. The van der Waals surface area contributed by atoms with E-state index < -0.39 is 48.8 Å². The molecule has 0 aliphatic carbocycles. The number of aliphatic hydroxyl groups excluding tert-OH is 1. The summed E-state index contributed by atoms with van der Waals surface area (Å²) in [5, 5.41) is 11.3. The van der Waals surface area contributed by atoms with Crippen LogP contribution in [0.3, 0.4) is 0 Å². The quantitative estimate of drug-likeness (QED) is 0.0408. The van der Waals surface area contributed by atoms with Gasteiger partial charge in [-0.2, -0.15) is 0 Å². The van der Waals surface area contributed by atoms with Gasteiger partial charge in [0.1, 0.15) is 42.7 Å². The highest BCUT2D eigenvalue weighted by atomic mass is 16.6. The van der Waals surface area contributed by atoms with Crippen molar-refractivity contribution in [3.63, 3.8) is 0 Å². The molecule has 0 aliphatic rings. The SMILES string of the molecule is CC[C@@H](OCc1ccccc1)[C@@H](OCc1ccccc1)[C@H](OCc1ccccc1)[C@@H](COC[C@@H](OCc1ccccc1)[C@@H](OCc1ccccc1)[C@H](OCc1ccccc1)[C@@H](CO)OCc1ccccc1)OCc1ccccc1. The highest BCUT2D eigenvalue weighted by Gasteiger charge is 2.41. The van der Waals surface area contributed by atoms with Gasteiger partial charge in [-0.15, -0.1) is 0 Å². The van der Waals surface area contributed by atoms with Crippen molar-refractivity contribution < 1.29 is 47.7 Å². The molecule has 10 nitrogen and oxygen atoms in total. The molecule has 1 N–H and O–H groups in total. The maximum absolute atomic E-state index is 11.3. The van der Waals surface area contributed by atoms with Crippen molar-refractivity contribution in [2.45, 2.75) is 115 Å². The van der Waals surface area contributed by atoms with Gasteiger partial charge in [-0.3, -0.25) is 0 Å². The topological polar surface area (TPSA) is 103 Å². The molecule has 0 heterocycles. The van der Waals surface area contributed by atoms with Crippen LogP contribution in [-0.2, 0) is 95.5 Å². The minimum absolute atomic E-state index is 0.0299. The van der Waals surface area contributed by atoms with Gasteiger partial charge >= 0.3 is 0 Å². The van der Waals surface area contributed by atoms with E-state index in [1.54, 1.807) is 0 Å². The van der Waals surface area contributed by atoms with Crippen molar-refractivity contribution >= 4 is 0 Å². The third kappa shape index (κ3) is 19.9. The zero-order chi connectivity index (χ0) is 54.4. The zero-order valence-corrected chi connectivity index (χ0v) is 45.3. The molecule has 0 spiro atoms. The average molecular weight is 1070 g/mol. The van der Waals surface area contributed by atoms with E-state index in [0.717, 1.165) is 44.5 Å². The highest BCUT2D eigenvalue weighted by molar-refractivity contribution is 5.19. The molecule has 0 bridgehead atoms. The van der Waals surface area contributed by atoms with Gasteiger partial charge in [0, 0.05) is 0 Å². The first-order valence-corrected chi connectivity index (χ1v) is 27.5. The average Bonchev–Trinajstić information content (AvgIpc) is 3.52. The summed E-state index contributed by atoms with van der Waals surface area (Å²) in [6.07, 6.45) is -5.14. The Hall–Kier alpha value is -6.64. The Balaban J connectivity index is 1.16. The molecule has 8 aromatic rings. The van der Waals surface area contributed by atoms with Gasteiger partial charge in [-0.05, 0) is 50.9 Å². The van der Waals surface area contributed by atoms with E-state index in [9.17, 15) is 5.11 Å². The molecule has 0 saturated carbocycles. The van der Waals surface area contributed by atoms with Gasteiger partial charge < -0.3 is 47.7 Å². The van der Waals surface area contributed by atoms with Gasteiger partial charge in [0.25, 0.3) is 0 Å². The molecule has 0 aromatic heterocycles. The minimum Gasteiger partial charge on any atom is -0.394 e. The van der Waals surface area contributed by atoms with E-state index in [1.165, 1.54) is 0 Å². The van der Waals surface area contributed by atoms with Gasteiger partial charge in [-0.25, -0.2) is 0 Å². The summed E-state index contributed by atoms with van der Waals surface area (Å²) < 4.78 is 62.9. The van der Waals surface area contributed by atoms with Crippen LogP contribution < -0.4 is 0 Å². The monoisotopic (exact) mass is 1060 g/mol. The second kappa shape index (κ2) is 33.7. The van der Waals surface area contributed by atoms with E-state index >= 15 is 0 Å². The fourth-order valence-electron chi connectivity index (χ4n) is 9.30. The fourth-order valence-corrected chi connectivity index (χ4v) is 9.30. The molecular formula is C69H76O10. The van der Waals surface area contributed by atoms with Gasteiger partial charge in [-0.1, -0.05) is 250 Å². The molecule has 8 aromatic carbocycles. The van der Waals surface area contributed by atoms with Crippen molar-refractivity contribution in [2.75, 3.05) is 19.8 Å². The van der Waals surface area contributed by atoms with Crippen LogP contribution in [0.4, 0.5) is 0 Å². The van der Waals surface area contributed by atoms with Gasteiger partial charge in [0.2, 0.25) is 0 Å². The van der Waals surface area contributed by atoms with Gasteiger partial charge in [0.15, 0.2) is 0 Å². The molecule has 0 fully saturated rings. The van der Waals surface area contributed by atoms with Crippen LogP contribution in [0, 0.1) is 0 Å². The first-order valence-electron chi connectivity index (χ1n) is 27.5. The molecule has 0 saturated heterocycles. The van der Waals surface area contributed by atoms with E-state index in [2.05, 4.69) is 43.3 Å². The maximum atomic E-state index is 11.3. The number of hydrogen-bond acceptors (Lipinski definition) is 10. The molecule has 0 amide bonds. The number of aliphatic hydroxyl groups is 1. The third-order valence-corrected chi connectivity index (χ3v) is 13.6. The lowest BCUT2D eigenvalue weighted by Gasteiger charge is -2.39. The Bertz CT molecular complexity index is 2590. The predicted octanol–water partition coefficient (Wildman–Crippen LogP) is 13.1. The highest BCUT2D eigenvalue weighted by Crippen LogP contribution is 2.28. The summed E-state index contributed by atoms with van der Waals surface area (Å²) in [7, 11) is 0. The third-order valence-electron chi connectivity index (χ3n) is 13.6. The Morgan fingerprint density at radius 1 is 0.253 bits per heavy atom. The largest absolute Gasteiger partial charge is 0.394 e.